The fourth-order valence-corrected chi connectivity index (χ4v) is 3.23. The minimum atomic E-state index is -0.860. The van der Waals surface area contributed by atoms with Gasteiger partial charge < -0.3 is 10.2 Å². The van der Waals surface area contributed by atoms with E-state index in [1.165, 1.54) is 0 Å². The van der Waals surface area contributed by atoms with Gasteiger partial charge in [-0.3, -0.25) is 0 Å². The van der Waals surface area contributed by atoms with E-state index in [0.29, 0.717) is 11.1 Å². The second-order valence-electron chi connectivity index (χ2n) is 13.2. The molecular weight excluding hydrogens is 537 g/mol. The van der Waals surface area contributed by atoms with E-state index >= 15 is 0 Å². The van der Waals surface area contributed by atoms with E-state index in [1.54, 1.807) is 24.3 Å². The molecule has 4 nitrogen and oxygen atoms in total. The predicted molar refractivity (Wildman–Crippen MR) is 142 cm³/mol. The molecule has 35 heavy (non-hydrogen) atoms. The van der Waals surface area contributed by atoms with Crippen LogP contribution in [-0.4, -0.2) is 22.2 Å². The van der Waals surface area contributed by atoms with Crippen molar-refractivity contribution in [3.63, 3.8) is 0 Å². The number of benzene rings is 2. The standard InChI is InChI=1S/2C15H22O2.Cd/c2*1-14(2,3)11-7-10(13(16)17)8-12(9-11)15(4,5)6;/h2*7-9H,1-6H3,(H,16,17);. The zero-order valence-electron chi connectivity index (χ0n) is 23.9. The van der Waals surface area contributed by atoms with Crippen molar-refractivity contribution in [1.29, 1.82) is 0 Å². The second kappa shape index (κ2) is 11.6. The first-order chi connectivity index (χ1) is 15.0. The van der Waals surface area contributed by atoms with Gasteiger partial charge in [-0.1, -0.05) is 95.2 Å². The average molecular weight is 581 g/mol. The molecule has 2 rings (SSSR count). The van der Waals surface area contributed by atoms with Gasteiger partial charge in [0.25, 0.3) is 0 Å². The van der Waals surface area contributed by atoms with Crippen LogP contribution in [-0.2, 0) is 49.0 Å². The van der Waals surface area contributed by atoms with Crippen LogP contribution >= 0.6 is 0 Å². The maximum atomic E-state index is 11.2. The van der Waals surface area contributed by atoms with Crippen LogP contribution in [0.3, 0.4) is 0 Å². The maximum Gasteiger partial charge on any atom is 0.335 e. The van der Waals surface area contributed by atoms with E-state index < -0.39 is 11.9 Å². The Kier molecular flexibility index (Phi) is 11.0. The van der Waals surface area contributed by atoms with Crippen molar-refractivity contribution in [3.05, 3.63) is 69.8 Å². The Morgan fingerprint density at radius 2 is 0.629 bits per heavy atom. The Morgan fingerprint density at radius 3 is 0.743 bits per heavy atom. The molecule has 190 valence electrons. The van der Waals surface area contributed by atoms with Gasteiger partial charge >= 0.3 is 11.9 Å². The molecule has 0 aliphatic rings. The normalized spacial score (nSPS) is 12.2. The van der Waals surface area contributed by atoms with Crippen LogP contribution in [0, 0.1) is 0 Å². The van der Waals surface area contributed by atoms with Gasteiger partial charge in [-0.2, -0.15) is 0 Å². The predicted octanol–water partition coefficient (Wildman–Crippen LogP) is 7.96. The summed E-state index contributed by atoms with van der Waals surface area (Å²) in [4.78, 5) is 22.3. The van der Waals surface area contributed by atoms with Gasteiger partial charge in [0.2, 0.25) is 0 Å². The van der Waals surface area contributed by atoms with Gasteiger partial charge in [0.15, 0.2) is 0 Å². The quantitative estimate of drug-likeness (QED) is 0.353. The van der Waals surface area contributed by atoms with Gasteiger partial charge in [0, 0.05) is 27.3 Å². The van der Waals surface area contributed by atoms with Crippen LogP contribution in [0.2, 0.25) is 0 Å². The molecular formula is C30H44CdO4. The molecule has 0 amide bonds. The third-order valence-electron chi connectivity index (χ3n) is 5.82. The fraction of sp³-hybridized carbons (Fsp3) is 0.533. The summed E-state index contributed by atoms with van der Waals surface area (Å²) < 4.78 is 0. The largest absolute Gasteiger partial charge is 0.478 e. The van der Waals surface area contributed by atoms with Crippen molar-refractivity contribution in [2.24, 2.45) is 0 Å². The minimum absolute atomic E-state index is 0. The van der Waals surface area contributed by atoms with Gasteiger partial charge in [0.1, 0.15) is 0 Å². The Balaban J connectivity index is 0.000000642. The van der Waals surface area contributed by atoms with Crippen LogP contribution < -0.4 is 0 Å². The molecule has 2 aromatic carbocycles. The zero-order chi connectivity index (χ0) is 26.9. The summed E-state index contributed by atoms with van der Waals surface area (Å²) in [5.41, 5.74) is 4.90. The fourth-order valence-electron chi connectivity index (χ4n) is 3.23. The molecule has 5 heteroatoms. The summed E-state index contributed by atoms with van der Waals surface area (Å²) >= 11 is 0. The molecule has 0 radical (unpaired) electrons. The molecule has 0 fully saturated rings. The second-order valence-corrected chi connectivity index (χ2v) is 13.2. The topological polar surface area (TPSA) is 74.6 Å². The number of carboxylic acids is 2. The summed E-state index contributed by atoms with van der Waals surface area (Å²) in [5.74, 6) is -1.72. The average Bonchev–Trinajstić information content (AvgIpc) is 2.65. The van der Waals surface area contributed by atoms with Gasteiger partial charge in [-0.25, -0.2) is 9.59 Å². The summed E-state index contributed by atoms with van der Waals surface area (Å²) in [6.45, 7) is 25.2. The van der Waals surface area contributed by atoms with Crippen molar-refractivity contribution >= 4 is 11.9 Å². The first-order valence-electron chi connectivity index (χ1n) is 11.8. The van der Waals surface area contributed by atoms with E-state index in [4.69, 9.17) is 10.2 Å². The number of hydrogen-bond acceptors (Lipinski definition) is 2. The van der Waals surface area contributed by atoms with E-state index in [-0.39, 0.29) is 49.0 Å². The van der Waals surface area contributed by atoms with Crippen molar-refractivity contribution in [2.75, 3.05) is 0 Å². The van der Waals surface area contributed by atoms with Crippen LogP contribution in [0.5, 0.6) is 0 Å². The molecule has 0 spiro atoms. The van der Waals surface area contributed by atoms with Crippen molar-refractivity contribution in [3.8, 4) is 0 Å². The zero-order valence-corrected chi connectivity index (χ0v) is 27.9. The summed E-state index contributed by atoms with van der Waals surface area (Å²) in [6.07, 6.45) is 0. The van der Waals surface area contributed by atoms with Crippen molar-refractivity contribution in [1.82, 2.24) is 0 Å². The minimum Gasteiger partial charge on any atom is -0.478 e. The Labute approximate surface area is 232 Å². The molecule has 2 aromatic rings. The maximum absolute atomic E-state index is 11.2. The van der Waals surface area contributed by atoms with Crippen molar-refractivity contribution in [2.45, 2.75) is 105 Å². The van der Waals surface area contributed by atoms with E-state index in [0.717, 1.165) is 22.3 Å². The SMILES string of the molecule is CC(C)(C)c1cc(C(=O)O)cc(C(C)(C)C)c1.CC(C)(C)c1cc(C(=O)O)cc(C(C)(C)C)c1.[Cd]. The summed E-state index contributed by atoms with van der Waals surface area (Å²) in [7, 11) is 0. The smallest absolute Gasteiger partial charge is 0.335 e. The number of aromatic carboxylic acids is 2. The summed E-state index contributed by atoms with van der Waals surface area (Å²) in [6, 6.07) is 11.3. The van der Waals surface area contributed by atoms with Crippen LogP contribution in [0.4, 0.5) is 0 Å². The number of carbonyl (C=O) groups is 2. The third-order valence-corrected chi connectivity index (χ3v) is 5.82. The Morgan fingerprint density at radius 1 is 0.457 bits per heavy atom. The number of hydrogen-bond donors (Lipinski definition) is 2. The molecule has 0 aliphatic heterocycles. The van der Waals surface area contributed by atoms with Crippen LogP contribution in [0.25, 0.3) is 0 Å². The molecule has 0 bridgehead atoms. The van der Waals surface area contributed by atoms with E-state index in [9.17, 15) is 9.59 Å². The molecule has 0 unspecified atom stereocenters. The molecule has 0 aromatic heterocycles. The van der Waals surface area contributed by atoms with E-state index in [2.05, 4.69) is 95.2 Å². The third kappa shape index (κ3) is 10.1. The Bertz CT molecular complexity index is 890. The molecule has 2 N–H and O–H groups in total. The Hall–Kier alpha value is -1.70. The molecule has 0 heterocycles. The van der Waals surface area contributed by atoms with Gasteiger partial charge in [-0.05, 0) is 68.2 Å². The van der Waals surface area contributed by atoms with Gasteiger partial charge in [0.05, 0.1) is 11.1 Å². The van der Waals surface area contributed by atoms with E-state index in [1.807, 2.05) is 0 Å². The number of rotatable bonds is 2. The molecule has 0 saturated carbocycles. The molecule has 0 aliphatic carbocycles. The molecule has 0 atom stereocenters. The first kappa shape index (κ1) is 33.3. The summed E-state index contributed by atoms with van der Waals surface area (Å²) in [5, 5.41) is 18.3. The van der Waals surface area contributed by atoms with Crippen molar-refractivity contribution < 1.29 is 47.1 Å². The monoisotopic (exact) mass is 582 g/mol. The van der Waals surface area contributed by atoms with Crippen LogP contribution in [0.1, 0.15) is 126 Å². The van der Waals surface area contributed by atoms with Gasteiger partial charge in [-0.15, -0.1) is 0 Å². The molecule has 0 saturated heterocycles. The van der Waals surface area contributed by atoms with Crippen LogP contribution in [0.15, 0.2) is 36.4 Å². The number of carboxylic acid groups (broad SMARTS) is 2. The first-order valence-corrected chi connectivity index (χ1v) is 11.8.